The molecule has 0 radical (unpaired) electrons. The number of benzene rings is 1. The van der Waals surface area contributed by atoms with Crippen LogP contribution in [0.3, 0.4) is 0 Å². The molecule has 0 saturated heterocycles. The molecule has 0 saturated carbocycles. The van der Waals surface area contributed by atoms with Crippen molar-refractivity contribution in [3.8, 4) is 6.07 Å². The van der Waals surface area contributed by atoms with Crippen molar-refractivity contribution in [3.05, 3.63) is 29.8 Å². The number of anilines is 1. The van der Waals surface area contributed by atoms with E-state index in [2.05, 4.69) is 29.6 Å². The molecular weight excluding hydrogens is 160 g/mol. The summed E-state index contributed by atoms with van der Waals surface area (Å²) in [6.45, 7) is 2.57. The predicted octanol–water partition coefficient (Wildman–Crippen LogP) is 2.57. The summed E-state index contributed by atoms with van der Waals surface area (Å²) in [5, 5.41) is 10.7. The second kappa shape index (κ2) is 5.21. The number of aryl methyl sites for hydroxylation is 1. The van der Waals surface area contributed by atoms with Crippen molar-refractivity contribution in [3.63, 3.8) is 0 Å². The van der Waals surface area contributed by atoms with Crippen molar-refractivity contribution < 1.29 is 0 Å². The zero-order valence-corrected chi connectivity index (χ0v) is 7.88. The lowest BCUT2D eigenvalue weighted by Crippen LogP contribution is -2.10. The Kier molecular flexibility index (Phi) is 3.84. The third kappa shape index (κ3) is 2.79. The fraction of sp³-hybridized carbons (Fsp3) is 0.364. The number of para-hydroxylation sites is 1. The van der Waals surface area contributed by atoms with Crippen LogP contribution in [0.25, 0.3) is 0 Å². The molecule has 2 rings (SSSR count). The summed E-state index contributed by atoms with van der Waals surface area (Å²) < 4.78 is 0. The van der Waals surface area contributed by atoms with Gasteiger partial charge in [0.15, 0.2) is 0 Å². The van der Waals surface area contributed by atoms with Gasteiger partial charge in [-0.3, -0.25) is 0 Å². The summed E-state index contributed by atoms with van der Waals surface area (Å²) >= 11 is 0. The highest BCUT2D eigenvalue weighted by Crippen LogP contribution is 2.19. The van der Waals surface area contributed by atoms with Crippen LogP contribution < -0.4 is 5.32 Å². The summed E-state index contributed by atoms with van der Waals surface area (Å²) in [5.41, 5.74) is 2.79. The van der Waals surface area contributed by atoms with E-state index in [1.807, 2.05) is 0 Å². The van der Waals surface area contributed by atoms with Gasteiger partial charge in [-0.1, -0.05) is 18.2 Å². The number of hydrogen-bond acceptors (Lipinski definition) is 2. The van der Waals surface area contributed by atoms with Gasteiger partial charge < -0.3 is 5.32 Å². The van der Waals surface area contributed by atoms with Crippen molar-refractivity contribution in [2.45, 2.75) is 19.8 Å². The average Bonchev–Trinajstić information content (AvgIpc) is 2.19. The number of fused-ring (bicyclic) bond motifs is 1. The molecule has 0 atom stereocenters. The van der Waals surface area contributed by atoms with Crippen molar-refractivity contribution in [1.82, 2.24) is 0 Å². The zero-order chi connectivity index (χ0) is 9.52. The van der Waals surface area contributed by atoms with Gasteiger partial charge in [-0.15, -0.1) is 0 Å². The largest absolute Gasteiger partial charge is 0.385 e. The van der Waals surface area contributed by atoms with Crippen molar-refractivity contribution in [2.24, 2.45) is 0 Å². The summed E-state index contributed by atoms with van der Waals surface area (Å²) in [5.74, 6) is 0. The Labute approximate surface area is 79.2 Å². The SMILES string of the molecule is CC#N.c1ccc2c(c1)CCCN2. The molecule has 0 aliphatic carbocycles. The van der Waals surface area contributed by atoms with Crippen LogP contribution in [0.5, 0.6) is 0 Å². The standard InChI is InChI=1S/C9H11N.C2H3N/c1-2-6-9-8(4-1)5-3-7-10-9;1-2-3/h1-2,4,6,10H,3,5,7H2;1H3. The topological polar surface area (TPSA) is 35.8 Å². The van der Waals surface area contributed by atoms with E-state index in [0.717, 1.165) is 6.54 Å². The second-order valence-electron chi connectivity index (χ2n) is 2.91. The lowest BCUT2D eigenvalue weighted by molar-refractivity contribution is 0.830. The molecule has 68 valence electrons. The molecule has 1 heterocycles. The third-order valence-corrected chi connectivity index (χ3v) is 1.96. The first-order valence-electron chi connectivity index (χ1n) is 4.51. The van der Waals surface area contributed by atoms with Crippen LogP contribution in [0.1, 0.15) is 18.9 Å². The lowest BCUT2D eigenvalue weighted by atomic mass is 10.0. The maximum atomic E-state index is 7.32. The van der Waals surface area contributed by atoms with Crippen LogP contribution in [-0.4, -0.2) is 6.54 Å². The van der Waals surface area contributed by atoms with Gasteiger partial charge in [-0.05, 0) is 24.5 Å². The molecular formula is C11H14N2. The normalized spacial score (nSPS) is 12.6. The van der Waals surface area contributed by atoms with Gasteiger partial charge in [0, 0.05) is 19.2 Å². The highest BCUT2D eigenvalue weighted by molar-refractivity contribution is 5.52. The Bertz CT molecular complexity index is 274. The average molecular weight is 174 g/mol. The Balaban J connectivity index is 0.000000251. The highest BCUT2D eigenvalue weighted by Gasteiger charge is 2.04. The summed E-state index contributed by atoms with van der Waals surface area (Å²) in [6, 6.07) is 10.3. The van der Waals surface area contributed by atoms with E-state index in [1.165, 1.54) is 31.0 Å². The van der Waals surface area contributed by atoms with E-state index in [1.54, 1.807) is 6.07 Å². The van der Waals surface area contributed by atoms with Gasteiger partial charge in [0.25, 0.3) is 0 Å². The van der Waals surface area contributed by atoms with Gasteiger partial charge in [0.2, 0.25) is 0 Å². The van der Waals surface area contributed by atoms with Crippen LogP contribution in [0.2, 0.25) is 0 Å². The smallest absolute Gasteiger partial charge is 0.0587 e. The molecule has 2 heteroatoms. The Morgan fingerprint density at radius 2 is 2.08 bits per heavy atom. The minimum Gasteiger partial charge on any atom is -0.385 e. The second-order valence-corrected chi connectivity index (χ2v) is 2.91. The van der Waals surface area contributed by atoms with E-state index < -0.39 is 0 Å². The number of nitriles is 1. The monoisotopic (exact) mass is 174 g/mol. The maximum absolute atomic E-state index is 7.32. The molecule has 13 heavy (non-hydrogen) atoms. The third-order valence-electron chi connectivity index (χ3n) is 1.96. The van der Waals surface area contributed by atoms with E-state index in [9.17, 15) is 0 Å². The molecule has 0 bridgehead atoms. The number of nitrogens with zero attached hydrogens (tertiary/aromatic N) is 1. The molecule has 0 spiro atoms. The summed E-state index contributed by atoms with van der Waals surface area (Å²) in [7, 11) is 0. The quantitative estimate of drug-likeness (QED) is 0.656. The van der Waals surface area contributed by atoms with E-state index >= 15 is 0 Å². The first-order chi connectivity index (χ1) is 6.38. The van der Waals surface area contributed by atoms with Crippen LogP contribution in [0.15, 0.2) is 24.3 Å². The molecule has 1 aromatic rings. The van der Waals surface area contributed by atoms with Crippen LogP contribution in [0.4, 0.5) is 5.69 Å². The fourth-order valence-corrected chi connectivity index (χ4v) is 1.41. The first kappa shape index (κ1) is 9.60. The number of hydrogen-bond donors (Lipinski definition) is 1. The Morgan fingerprint density at radius 1 is 1.38 bits per heavy atom. The number of rotatable bonds is 0. The van der Waals surface area contributed by atoms with Gasteiger partial charge >= 0.3 is 0 Å². The predicted molar refractivity (Wildman–Crippen MR) is 54.5 cm³/mol. The molecule has 0 aromatic heterocycles. The molecule has 2 nitrogen and oxygen atoms in total. The number of nitrogens with one attached hydrogen (secondary N) is 1. The van der Waals surface area contributed by atoms with Crippen LogP contribution in [-0.2, 0) is 6.42 Å². The minimum absolute atomic E-state index is 1.14. The minimum atomic E-state index is 1.14. The van der Waals surface area contributed by atoms with E-state index in [4.69, 9.17) is 5.26 Å². The highest BCUT2D eigenvalue weighted by atomic mass is 14.9. The Morgan fingerprint density at radius 3 is 2.77 bits per heavy atom. The molecule has 0 fully saturated rings. The molecule has 1 aromatic carbocycles. The van der Waals surface area contributed by atoms with Crippen LogP contribution >= 0.6 is 0 Å². The molecule has 1 aliphatic rings. The molecule has 1 aliphatic heterocycles. The maximum Gasteiger partial charge on any atom is 0.0587 e. The van der Waals surface area contributed by atoms with Gasteiger partial charge in [-0.25, -0.2) is 0 Å². The summed E-state index contributed by atoms with van der Waals surface area (Å²) in [6.07, 6.45) is 2.51. The Hall–Kier alpha value is -1.49. The molecule has 0 unspecified atom stereocenters. The van der Waals surface area contributed by atoms with Crippen LogP contribution in [0, 0.1) is 11.3 Å². The van der Waals surface area contributed by atoms with Crippen molar-refractivity contribution >= 4 is 5.69 Å². The molecule has 1 N–H and O–H groups in total. The van der Waals surface area contributed by atoms with Gasteiger partial charge in [-0.2, -0.15) is 5.26 Å². The summed E-state index contributed by atoms with van der Waals surface area (Å²) in [4.78, 5) is 0. The van der Waals surface area contributed by atoms with E-state index in [0.29, 0.717) is 0 Å². The first-order valence-corrected chi connectivity index (χ1v) is 4.51. The lowest BCUT2D eigenvalue weighted by Gasteiger charge is -2.16. The fourth-order valence-electron chi connectivity index (χ4n) is 1.41. The van der Waals surface area contributed by atoms with Crippen molar-refractivity contribution in [1.29, 1.82) is 5.26 Å². The van der Waals surface area contributed by atoms with Gasteiger partial charge in [0.1, 0.15) is 0 Å². The zero-order valence-electron chi connectivity index (χ0n) is 7.88. The van der Waals surface area contributed by atoms with Gasteiger partial charge in [0.05, 0.1) is 6.07 Å². The van der Waals surface area contributed by atoms with E-state index in [-0.39, 0.29) is 0 Å². The molecule has 0 amide bonds. The van der Waals surface area contributed by atoms with Crippen molar-refractivity contribution in [2.75, 3.05) is 11.9 Å².